The number of hydrogen-bond donors (Lipinski definition) is 0. The quantitative estimate of drug-likeness (QED) is 0.635. The highest BCUT2D eigenvalue weighted by atomic mass is 16.7. The maximum absolute atomic E-state index is 6.45. The van der Waals surface area contributed by atoms with Gasteiger partial charge >= 0.3 is 0 Å². The molecule has 0 radical (unpaired) electrons. The molecule has 2 rings (SSSR count). The predicted octanol–water partition coefficient (Wildman–Crippen LogP) is 6.27. The fourth-order valence-electron chi connectivity index (χ4n) is 3.54. The van der Waals surface area contributed by atoms with Crippen LogP contribution in [0.4, 0.5) is 0 Å². The Bertz CT molecular complexity index is 575. The van der Waals surface area contributed by atoms with Crippen molar-refractivity contribution < 1.29 is 9.47 Å². The lowest BCUT2D eigenvalue weighted by atomic mass is 9.81. The molecule has 1 heterocycles. The molecule has 0 spiro atoms. The van der Waals surface area contributed by atoms with Crippen molar-refractivity contribution >= 4 is 0 Å². The Morgan fingerprint density at radius 1 is 0.958 bits per heavy atom. The van der Waals surface area contributed by atoms with E-state index in [1.54, 1.807) is 0 Å². The summed E-state index contributed by atoms with van der Waals surface area (Å²) >= 11 is 0. The molecule has 1 fully saturated rings. The molecule has 1 aromatic carbocycles. The van der Waals surface area contributed by atoms with Crippen molar-refractivity contribution in [3.63, 3.8) is 0 Å². The Morgan fingerprint density at radius 3 is 2.12 bits per heavy atom. The highest BCUT2D eigenvalue weighted by Gasteiger charge is 2.39. The van der Waals surface area contributed by atoms with Crippen LogP contribution < -0.4 is 0 Å². The summed E-state index contributed by atoms with van der Waals surface area (Å²) in [6, 6.07) is 4.46. The zero-order valence-corrected chi connectivity index (χ0v) is 17.1. The maximum Gasteiger partial charge on any atom is 0.184 e. The van der Waals surface area contributed by atoms with Gasteiger partial charge in [-0.05, 0) is 49.1 Å². The Labute approximate surface area is 148 Å². The first-order valence-electron chi connectivity index (χ1n) is 9.25. The van der Waals surface area contributed by atoms with Gasteiger partial charge in [-0.1, -0.05) is 59.2 Å². The Morgan fingerprint density at radius 2 is 1.58 bits per heavy atom. The van der Waals surface area contributed by atoms with Gasteiger partial charge in [0.1, 0.15) is 0 Å². The summed E-state index contributed by atoms with van der Waals surface area (Å²) in [5.74, 6) is 0. The van der Waals surface area contributed by atoms with Crippen LogP contribution in [0.25, 0.3) is 0 Å². The Hall–Kier alpha value is -0.860. The molecule has 136 valence electrons. The fourth-order valence-corrected chi connectivity index (χ4v) is 3.54. The second-order valence-electron chi connectivity index (χ2n) is 9.88. The molecular weight excluding hydrogens is 296 g/mol. The van der Waals surface area contributed by atoms with E-state index < -0.39 is 0 Å². The van der Waals surface area contributed by atoms with Crippen molar-refractivity contribution in [3.8, 4) is 0 Å². The van der Waals surface area contributed by atoms with Crippen molar-refractivity contribution in [2.24, 2.45) is 10.8 Å². The van der Waals surface area contributed by atoms with Crippen LogP contribution in [0.5, 0.6) is 0 Å². The number of aryl methyl sites for hydroxylation is 2. The van der Waals surface area contributed by atoms with Gasteiger partial charge < -0.3 is 9.47 Å². The second-order valence-corrected chi connectivity index (χ2v) is 9.88. The SMILES string of the molecule is Cc1cc(C)c(C)c(C2OC(CC(C)(C)C)CC(C(C)(C)C)O2)c1. The third-order valence-electron chi connectivity index (χ3n) is 4.99. The zero-order chi connectivity index (χ0) is 18.3. The molecule has 1 saturated heterocycles. The van der Waals surface area contributed by atoms with Crippen molar-refractivity contribution in [2.45, 2.75) is 93.7 Å². The van der Waals surface area contributed by atoms with Crippen molar-refractivity contribution in [1.29, 1.82) is 0 Å². The van der Waals surface area contributed by atoms with Crippen molar-refractivity contribution in [3.05, 3.63) is 34.4 Å². The third kappa shape index (κ3) is 4.83. The first kappa shape index (κ1) is 19.5. The number of ether oxygens (including phenoxy) is 2. The first-order chi connectivity index (χ1) is 10.9. The van der Waals surface area contributed by atoms with Crippen molar-refractivity contribution in [1.82, 2.24) is 0 Å². The highest BCUT2D eigenvalue weighted by Crippen LogP contribution is 2.41. The van der Waals surface area contributed by atoms with Gasteiger partial charge in [-0.15, -0.1) is 0 Å². The molecule has 0 aromatic heterocycles. The molecule has 2 heteroatoms. The summed E-state index contributed by atoms with van der Waals surface area (Å²) in [7, 11) is 0. The van der Waals surface area contributed by atoms with Crippen LogP contribution in [0.15, 0.2) is 12.1 Å². The average molecular weight is 333 g/mol. The van der Waals surface area contributed by atoms with Gasteiger partial charge in [0.2, 0.25) is 0 Å². The summed E-state index contributed by atoms with van der Waals surface area (Å²) in [5, 5.41) is 0. The van der Waals surface area contributed by atoms with Gasteiger partial charge in [0.25, 0.3) is 0 Å². The topological polar surface area (TPSA) is 18.5 Å². The third-order valence-corrected chi connectivity index (χ3v) is 4.99. The molecule has 1 aliphatic rings. The Balaban J connectivity index is 2.34. The van der Waals surface area contributed by atoms with E-state index in [9.17, 15) is 0 Å². The molecule has 0 saturated carbocycles. The van der Waals surface area contributed by atoms with Crippen LogP contribution in [0.2, 0.25) is 0 Å². The average Bonchev–Trinajstić information content (AvgIpc) is 2.39. The molecule has 2 nitrogen and oxygen atoms in total. The van der Waals surface area contributed by atoms with E-state index in [-0.39, 0.29) is 29.3 Å². The second kappa shape index (κ2) is 6.80. The summed E-state index contributed by atoms with van der Waals surface area (Å²) in [4.78, 5) is 0. The molecule has 0 aliphatic carbocycles. The zero-order valence-electron chi connectivity index (χ0n) is 17.1. The monoisotopic (exact) mass is 332 g/mol. The van der Waals surface area contributed by atoms with Crippen LogP contribution in [-0.4, -0.2) is 12.2 Å². The normalized spacial score (nSPS) is 25.8. The van der Waals surface area contributed by atoms with Gasteiger partial charge in [-0.3, -0.25) is 0 Å². The highest BCUT2D eigenvalue weighted by molar-refractivity contribution is 5.38. The van der Waals surface area contributed by atoms with E-state index in [1.807, 2.05) is 0 Å². The van der Waals surface area contributed by atoms with Gasteiger partial charge in [0.05, 0.1) is 12.2 Å². The lowest BCUT2D eigenvalue weighted by Crippen LogP contribution is -2.42. The van der Waals surface area contributed by atoms with E-state index in [1.165, 1.54) is 22.3 Å². The molecular formula is C22H36O2. The van der Waals surface area contributed by atoms with Crippen LogP contribution in [0, 0.1) is 31.6 Å². The molecule has 1 aliphatic heterocycles. The summed E-state index contributed by atoms with van der Waals surface area (Å²) < 4.78 is 12.9. The van der Waals surface area contributed by atoms with Gasteiger partial charge in [0, 0.05) is 12.0 Å². The minimum atomic E-state index is -0.256. The van der Waals surface area contributed by atoms with Crippen LogP contribution in [0.3, 0.4) is 0 Å². The fraction of sp³-hybridized carbons (Fsp3) is 0.727. The Kier molecular flexibility index (Phi) is 5.52. The van der Waals surface area contributed by atoms with Gasteiger partial charge in [0.15, 0.2) is 6.29 Å². The molecule has 0 N–H and O–H groups in total. The number of benzene rings is 1. The largest absolute Gasteiger partial charge is 0.345 e. The van der Waals surface area contributed by atoms with E-state index in [2.05, 4.69) is 74.4 Å². The first-order valence-corrected chi connectivity index (χ1v) is 9.25. The van der Waals surface area contributed by atoms with Crippen LogP contribution in [0.1, 0.15) is 82.9 Å². The van der Waals surface area contributed by atoms with Gasteiger partial charge in [-0.2, -0.15) is 0 Å². The molecule has 3 atom stereocenters. The minimum absolute atomic E-state index is 0.116. The van der Waals surface area contributed by atoms with E-state index in [0.717, 1.165) is 12.8 Å². The summed E-state index contributed by atoms with van der Waals surface area (Å²) in [5.41, 5.74) is 5.43. The number of rotatable bonds is 2. The van der Waals surface area contributed by atoms with E-state index in [4.69, 9.17) is 9.47 Å². The molecule has 3 unspecified atom stereocenters. The molecule has 0 amide bonds. The van der Waals surface area contributed by atoms with Crippen LogP contribution >= 0.6 is 0 Å². The lowest BCUT2D eigenvalue weighted by Gasteiger charge is -2.43. The van der Waals surface area contributed by atoms with E-state index >= 15 is 0 Å². The minimum Gasteiger partial charge on any atom is -0.345 e. The molecule has 1 aromatic rings. The number of hydrogen-bond acceptors (Lipinski definition) is 2. The van der Waals surface area contributed by atoms with Crippen LogP contribution in [-0.2, 0) is 9.47 Å². The molecule has 0 bridgehead atoms. The molecule has 24 heavy (non-hydrogen) atoms. The summed E-state index contributed by atoms with van der Waals surface area (Å²) in [6.45, 7) is 20.2. The predicted molar refractivity (Wildman–Crippen MR) is 101 cm³/mol. The lowest BCUT2D eigenvalue weighted by molar-refractivity contribution is -0.271. The standard InChI is InChI=1S/C22H36O2/c1-14-10-15(2)16(3)18(11-14)20-23-17(13-21(4,5)6)12-19(24-20)22(7,8)9/h10-11,17,19-20H,12-13H2,1-9H3. The summed E-state index contributed by atoms with van der Waals surface area (Å²) in [6.07, 6.45) is 2.23. The van der Waals surface area contributed by atoms with Gasteiger partial charge in [-0.25, -0.2) is 0 Å². The van der Waals surface area contributed by atoms with E-state index in [0.29, 0.717) is 0 Å². The van der Waals surface area contributed by atoms with Crippen molar-refractivity contribution in [2.75, 3.05) is 0 Å². The maximum atomic E-state index is 6.45. The smallest absolute Gasteiger partial charge is 0.184 e.